The van der Waals surface area contributed by atoms with Gasteiger partial charge in [-0.15, -0.1) is 0 Å². The van der Waals surface area contributed by atoms with Gasteiger partial charge in [0, 0.05) is 23.0 Å². The fourth-order valence-electron chi connectivity index (χ4n) is 3.54. The van der Waals surface area contributed by atoms with E-state index in [4.69, 9.17) is 0 Å². The molecule has 1 N–H and O–H groups in total. The number of H-pyrrole nitrogens is 1. The van der Waals surface area contributed by atoms with Crippen LogP contribution in [-0.2, 0) is 0 Å². The molecule has 3 aromatic rings. The summed E-state index contributed by atoms with van der Waals surface area (Å²) < 4.78 is 13.3. The molecular weight excluding hydrogens is 351 g/mol. The normalized spacial score (nSPS) is 12.5. The van der Waals surface area contributed by atoms with Crippen LogP contribution in [0.5, 0.6) is 0 Å². The Morgan fingerprint density at radius 3 is 2.54 bits per heavy atom. The van der Waals surface area contributed by atoms with Crippen molar-refractivity contribution in [3.63, 3.8) is 0 Å². The molecular formula is C23H29FN4. The Bertz CT molecular complexity index is 868. The number of hydrogen-bond donors (Lipinski definition) is 1. The summed E-state index contributed by atoms with van der Waals surface area (Å²) in [5.41, 5.74) is 4.99. The van der Waals surface area contributed by atoms with E-state index in [0.29, 0.717) is 5.92 Å². The second-order valence-corrected chi connectivity index (χ2v) is 7.21. The second-order valence-electron chi connectivity index (χ2n) is 7.21. The Kier molecular flexibility index (Phi) is 6.93. The van der Waals surface area contributed by atoms with Crippen molar-refractivity contribution in [3.05, 3.63) is 60.3 Å². The highest BCUT2D eigenvalue weighted by atomic mass is 19.1. The molecule has 0 fully saturated rings. The predicted molar refractivity (Wildman–Crippen MR) is 113 cm³/mol. The van der Waals surface area contributed by atoms with Crippen LogP contribution in [0.25, 0.3) is 22.4 Å². The number of rotatable bonds is 9. The minimum Gasteiger partial charge on any atom is -0.304 e. The fourth-order valence-corrected chi connectivity index (χ4v) is 3.54. The third kappa shape index (κ3) is 4.84. The Hall–Kier alpha value is -2.53. The smallest absolute Gasteiger partial charge is 0.123 e. The Morgan fingerprint density at radius 2 is 1.82 bits per heavy atom. The molecule has 1 unspecified atom stereocenters. The average Bonchev–Trinajstić information content (AvgIpc) is 3.21. The van der Waals surface area contributed by atoms with Crippen molar-refractivity contribution >= 4 is 0 Å². The van der Waals surface area contributed by atoms with Crippen LogP contribution in [0.15, 0.2) is 48.8 Å². The van der Waals surface area contributed by atoms with Gasteiger partial charge in [-0.1, -0.05) is 20.8 Å². The predicted octanol–water partition coefficient (Wildman–Crippen LogP) is 5.50. The van der Waals surface area contributed by atoms with Crippen LogP contribution in [0.1, 0.15) is 45.2 Å². The summed E-state index contributed by atoms with van der Waals surface area (Å²) in [6.45, 7) is 10.00. The first-order valence-corrected chi connectivity index (χ1v) is 10.1. The minimum atomic E-state index is -0.241. The van der Waals surface area contributed by atoms with Crippen LogP contribution < -0.4 is 0 Å². The molecule has 4 nitrogen and oxygen atoms in total. The van der Waals surface area contributed by atoms with Crippen molar-refractivity contribution in [2.75, 3.05) is 19.6 Å². The van der Waals surface area contributed by atoms with Gasteiger partial charge < -0.3 is 4.90 Å². The number of pyridine rings is 1. The highest BCUT2D eigenvalue weighted by Crippen LogP contribution is 2.31. The summed E-state index contributed by atoms with van der Waals surface area (Å²) in [6.07, 6.45) is 5.97. The summed E-state index contributed by atoms with van der Waals surface area (Å²) in [7, 11) is 0. The summed E-state index contributed by atoms with van der Waals surface area (Å²) >= 11 is 0. The number of hydrogen-bond acceptors (Lipinski definition) is 3. The number of halogens is 1. The van der Waals surface area contributed by atoms with Crippen LogP contribution in [0, 0.1) is 5.82 Å². The first-order valence-electron chi connectivity index (χ1n) is 10.1. The van der Waals surface area contributed by atoms with Crippen LogP contribution in [0.3, 0.4) is 0 Å². The first-order chi connectivity index (χ1) is 13.6. The highest BCUT2D eigenvalue weighted by molar-refractivity contribution is 5.80. The van der Waals surface area contributed by atoms with E-state index in [9.17, 15) is 4.39 Å². The molecule has 0 radical (unpaired) electrons. The standard InChI is InChI=1S/C23H29FN4/c1-4-28(5-2)14-6-7-17(3)22-15-19(12-13-25-22)21-16-26-27-23(21)18-8-10-20(24)11-9-18/h8-13,15-17H,4-7,14H2,1-3H3,(H,26,27). The lowest BCUT2D eigenvalue weighted by molar-refractivity contribution is 0.294. The quantitative estimate of drug-likeness (QED) is 0.533. The molecule has 0 aliphatic rings. The van der Waals surface area contributed by atoms with Crippen molar-refractivity contribution in [2.45, 2.75) is 39.5 Å². The number of nitrogens with zero attached hydrogens (tertiary/aromatic N) is 3. The summed E-state index contributed by atoms with van der Waals surface area (Å²) in [4.78, 5) is 7.06. The number of aromatic amines is 1. The molecule has 0 saturated carbocycles. The largest absolute Gasteiger partial charge is 0.304 e. The molecule has 0 amide bonds. The summed E-state index contributed by atoms with van der Waals surface area (Å²) in [5, 5.41) is 7.26. The van der Waals surface area contributed by atoms with E-state index < -0.39 is 0 Å². The maximum absolute atomic E-state index is 13.3. The van der Waals surface area contributed by atoms with Gasteiger partial charge in [-0.05, 0) is 80.4 Å². The first kappa shape index (κ1) is 20.2. The number of aromatic nitrogens is 3. The zero-order valence-corrected chi connectivity index (χ0v) is 17.0. The Labute approximate surface area is 166 Å². The lowest BCUT2D eigenvalue weighted by Crippen LogP contribution is -2.24. The van der Waals surface area contributed by atoms with Crippen molar-refractivity contribution < 1.29 is 4.39 Å². The van der Waals surface area contributed by atoms with Gasteiger partial charge in [-0.3, -0.25) is 10.1 Å². The summed E-state index contributed by atoms with van der Waals surface area (Å²) in [5.74, 6) is 0.159. The topological polar surface area (TPSA) is 44.8 Å². The molecule has 0 bridgehead atoms. The van der Waals surface area contributed by atoms with Gasteiger partial charge in [0.05, 0.1) is 11.9 Å². The van der Waals surface area contributed by atoms with E-state index in [1.54, 1.807) is 12.1 Å². The van der Waals surface area contributed by atoms with Crippen molar-refractivity contribution in [3.8, 4) is 22.4 Å². The van der Waals surface area contributed by atoms with E-state index >= 15 is 0 Å². The average molecular weight is 381 g/mol. The van der Waals surface area contributed by atoms with Gasteiger partial charge in [0.1, 0.15) is 5.82 Å². The van der Waals surface area contributed by atoms with Gasteiger partial charge >= 0.3 is 0 Å². The lowest BCUT2D eigenvalue weighted by atomic mass is 9.96. The molecule has 1 aromatic carbocycles. The zero-order chi connectivity index (χ0) is 19.9. The van der Waals surface area contributed by atoms with Crippen LogP contribution >= 0.6 is 0 Å². The van der Waals surface area contributed by atoms with E-state index in [-0.39, 0.29) is 5.82 Å². The SMILES string of the molecule is CCN(CC)CCCC(C)c1cc(-c2cn[nH]c2-c2ccc(F)cc2)ccn1. The minimum absolute atomic E-state index is 0.241. The van der Waals surface area contributed by atoms with E-state index in [1.165, 1.54) is 18.6 Å². The van der Waals surface area contributed by atoms with Crippen molar-refractivity contribution in [1.82, 2.24) is 20.1 Å². The number of nitrogens with one attached hydrogen (secondary N) is 1. The molecule has 148 valence electrons. The zero-order valence-electron chi connectivity index (χ0n) is 17.0. The third-order valence-corrected chi connectivity index (χ3v) is 5.38. The molecule has 2 heterocycles. The molecule has 2 aromatic heterocycles. The maximum atomic E-state index is 13.3. The molecule has 5 heteroatoms. The van der Waals surface area contributed by atoms with Crippen LogP contribution in [0.4, 0.5) is 4.39 Å². The van der Waals surface area contributed by atoms with Crippen molar-refractivity contribution in [2.24, 2.45) is 0 Å². The molecule has 1 atom stereocenters. The molecule has 0 aliphatic heterocycles. The van der Waals surface area contributed by atoms with Gasteiger partial charge in [0.15, 0.2) is 0 Å². The summed E-state index contributed by atoms with van der Waals surface area (Å²) in [6, 6.07) is 10.6. The van der Waals surface area contributed by atoms with Gasteiger partial charge in [-0.2, -0.15) is 5.10 Å². The van der Waals surface area contributed by atoms with Gasteiger partial charge in [0.25, 0.3) is 0 Å². The Balaban J connectivity index is 1.75. The Morgan fingerprint density at radius 1 is 1.07 bits per heavy atom. The molecule has 0 saturated heterocycles. The second kappa shape index (κ2) is 9.60. The lowest BCUT2D eigenvalue weighted by Gasteiger charge is -2.19. The van der Waals surface area contributed by atoms with Crippen molar-refractivity contribution in [1.29, 1.82) is 0 Å². The monoisotopic (exact) mass is 380 g/mol. The van der Waals surface area contributed by atoms with Crippen LogP contribution in [0.2, 0.25) is 0 Å². The highest BCUT2D eigenvalue weighted by Gasteiger charge is 2.13. The molecule has 3 rings (SSSR count). The van der Waals surface area contributed by atoms with Gasteiger partial charge in [-0.25, -0.2) is 4.39 Å². The van der Waals surface area contributed by atoms with Crippen LogP contribution in [-0.4, -0.2) is 39.7 Å². The van der Waals surface area contributed by atoms with E-state index in [2.05, 4.69) is 46.9 Å². The van der Waals surface area contributed by atoms with E-state index in [0.717, 1.165) is 54.1 Å². The fraction of sp³-hybridized carbons (Fsp3) is 0.391. The molecule has 0 aliphatic carbocycles. The molecule has 28 heavy (non-hydrogen) atoms. The van der Waals surface area contributed by atoms with Gasteiger partial charge in [0.2, 0.25) is 0 Å². The number of benzene rings is 1. The molecule has 0 spiro atoms. The van der Waals surface area contributed by atoms with E-state index in [1.807, 2.05) is 18.5 Å². The third-order valence-electron chi connectivity index (χ3n) is 5.38. The maximum Gasteiger partial charge on any atom is 0.123 e.